The molecule has 0 aliphatic carbocycles. The summed E-state index contributed by atoms with van der Waals surface area (Å²) in [7, 11) is 0. The van der Waals surface area contributed by atoms with Gasteiger partial charge in [0, 0.05) is 13.1 Å². The Kier molecular flexibility index (Phi) is 4.73. The van der Waals surface area contributed by atoms with E-state index in [4.69, 9.17) is 9.84 Å². The summed E-state index contributed by atoms with van der Waals surface area (Å²) in [5.41, 5.74) is 0. The van der Waals surface area contributed by atoms with E-state index in [1.165, 1.54) is 6.92 Å². The van der Waals surface area contributed by atoms with Crippen LogP contribution in [-0.4, -0.2) is 47.7 Å². The summed E-state index contributed by atoms with van der Waals surface area (Å²) < 4.78 is 4.96. The van der Waals surface area contributed by atoms with Crippen molar-refractivity contribution in [3.63, 3.8) is 0 Å². The van der Waals surface area contributed by atoms with E-state index < -0.39 is 12.1 Å². The van der Waals surface area contributed by atoms with Crippen LogP contribution in [0.3, 0.4) is 0 Å². The van der Waals surface area contributed by atoms with Gasteiger partial charge in [-0.25, -0.2) is 4.79 Å². The molecule has 1 aliphatic heterocycles. The first-order valence-electron chi connectivity index (χ1n) is 5.63. The molecule has 1 aliphatic rings. The van der Waals surface area contributed by atoms with Gasteiger partial charge in [-0.1, -0.05) is 6.92 Å². The molecule has 92 valence electrons. The van der Waals surface area contributed by atoms with Crippen LogP contribution in [0, 0.1) is 5.92 Å². The molecule has 1 unspecified atom stereocenters. The number of carbonyl (C=O) groups is 2. The maximum absolute atomic E-state index is 11.7. The second-order valence-corrected chi connectivity index (χ2v) is 4.38. The van der Waals surface area contributed by atoms with Crippen LogP contribution < -0.4 is 0 Å². The number of likely N-dealkylation sites (tertiary alicyclic amines) is 1. The van der Waals surface area contributed by atoms with Gasteiger partial charge in [-0.05, 0) is 25.7 Å². The number of piperidine rings is 1. The van der Waals surface area contributed by atoms with Crippen LogP contribution in [-0.2, 0) is 14.3 Å². The van der Waals surface area contributed by atoms with Gasteiger partial charge in [-0.3, -0.25) is 4.79 Å². The summed E-state index contributed by atoms with van der Waals surface area (Å²) in [6.45, 7) is 4.91. The van der Waals surface area contributed by atoms with E-state index in [2.05, 4.69) is 6.92 Å². The molecule has 1 heterocycles. The Bertz CT molecular complexity index is 267. The maximum Gasteiger partial charge on any atom is 0.332 e. The van der Waals surface area contributed by atoms with Gasteiger partial charge in [0.05, 0.1) is 0 Å². The molecular weight excluding hydrogens is 210 g/mol. The van der Waals surface area contributed by atoms with Gasteiger partial charge in [0.15, 0.2) is 6.10 Å². The van der Waals surface area contributed by atoms with Crippen LogP contribution in [0.25, 0.3) is 0 Å². The van der Waals surface area contributed by atoms with E-state index in [-0.39, 0.29) is 12.5 Å². The van der Waals surface area contributed by atoms with Gasteiger partial charge < -0.3 is 14.7 Å². The number of hydrogen-bond donors (Lipinski definition) is 1. The number of carboxylic acid groups (broad SMARTS) is 1. The molecule has 1 rings (SSSR count). The molecule has 0 saturated carbocycles. The van der Waals surface area contributed by atoms with E-state index in [0.29, 0.717) is 5.92 Å². The number of rotatable bonds is 4. The first-order valence-corrected chi connectivity index (χ1v) is 5.63. The fourth-order valence-corrected chi connectivity index (χ4v) is 1.77. The van der Waals surface area contributed by atoms with Crippen LogP contribution in [0.15, 0.2) is 0 Å². The molecule has 0 aromatic carbocycles. The highest BCUT2D eigenvalue weighted by molar-refractivity contribution is 5.78. The van der Waals surface area contributed by atoms with E-state index >= 15 is 0 Å². The molecular formula is C11H19NO4. The second kappa shape index (κ2) is 5.84. The quantitative estimate of drug-likeness (QED) is 0.772. The fourth-order valence-electron chi connectivity index (χ4n) is 1.77. The summed E-state index contributed by atoms with van der Waals surface area (Å²) >= 11 is 0. The lowest BCUT2D eigenvalue weighted by atomic mass is 10.0. The first kappa shape index (κ1) is 13.0. The number of hydrogen-bond acceptors (Lipinski definition) is 3. The molecule has 1 N–H and O–H groups in total. The lowest BCUT2D eigenvalue weighted by Gasteiger charge is -2.31. The largest absolute Gasteiger partial charge is 0.479 e. The summed E-state index contributed by atoms with van der Waals surface area (Å²) in [6.07, 6.45) is 1.24. The number of carboxylic acids is 1. The molecule has 0 radical (unpaired) electrons. The highest BCUT2D eigenvalue weighted by atomic mass is 16.5. The minimum Gasteiger partial charge on any atom is -0.479 e. The Morgan fingerprint density at radius 1 is 1.56 bits per heavy atom. The van der Waals surface area contributed by atoms with Gasteiger partial charge >= 0.3 is 5.97 Å². The molecule has 0 aromatic heterocycles. The zero-order valence-electron chi connectivity index (χ0n) is 9.81. The molecule has 5 nitrogen and oxygen atoms in total. The van der Waals surface area contributed by atoms with Crippen molar-refractivity contribution in [2.75, 3.05) is 19.7 Å². The van der Waals surface area contributed by atoms with Crippen molar-refractivity contribution in [3.8, 4) is 0 Å². The van der Waals surface area contributed by atoms with Crippen molar-refractivity contribution in [3.05, 3.63) is 0 Å². The number of aliphatic carboxylic acids is 1. The van der Waals surface area contributed by atoms with E-state index in [0.717, 1.165) is 25.9 Å². The van der Waals surface area contributed by atoms with Crippen LogP contribution in [0.4, 0.5) is 0 Å². The smallest absolute Gasteiger partial charge is 0.332 e. The summed E-state index contributed by atoms with van der Waals surface area (Å²) in [4.78, 5) is 23.9. The third-order valence-electron chi connectivity index (χ3n) is 2.81. The molecule has 5 heteroatoms. The van der Waals surface area contributed by atoms with Crippen molar-refractivity contribution in [1.29, 1.82) is 0 Å². The highest BCUT2D eigenvalue weighted by Gasteiger charge is 2.22. The monoisotopic (exact) mass is 229 g/mol. The lowest BCUT2D eigenvalue weighted by molar-refractivity contribution is -0.153. The van der Waals surface area contributed by atoms with Crippen LogP contribution in [0.2, 0.25) is 0 Å². The SMILES string of the molecule is CC1CCCN(C(=O)CO[C@@H](C)C(=O)O)C1. The summed E-state index contributed by atoms with van der Waals surface area (Å²) in [6, 6.07) is 0. The van der Waals surface area contributed by atoms with Gasteiger partial charge in [0.2, 0.25) is 5.91 Å². The molecule has 1 amide bonds. The number of nitrogens with zero attached hydrogens (tertiary/aromatic N) is 1. The topological polar surface area (TPSA) is 66.8 Å². The molecule has 0 spiro atoms. The predicted molar refractivity (Wildman–Crippen MR) is 58.0 cm³/mol. The number of amides is 1. The van der Waals surface area contributed by atoms with Crippen LogP contribution >= 0.6 is 0 Å². The molecule has 16 heavy (non-hydrogen) atoms. The summed E-state index contributed by atoms with van der Waals surface area (Å²) in [5.74, 6) is -0.631. The zero-order valence-corrected chi connectivity index (χ0v) is 9.81. The van der Waals surface area contributed by atoms with Crippen molar-refractivity contribution in [1.82, 2.24) is 4.90 Å². The third-order valence-corrected chi connectivity index (χ3v) is 2.81. The highest BCUT2D eigenvalue weighted by Crippen LogP contribution is 2.15. The number of ether oxygens (including phenoxy) is 1. The van der Waals surface area contributed by atoms with Crippen molar-refractivity contribution < 1.29 is 19.4 Å². The zero-order chi connectivity index (χ0) is 12.1. The third kappa shape index (κ3) is 3.81. The maximum atomic E-state index is 11.7. The Balaban J connectivity index is 2.31. The molecule has 2 atom stereocenters. The van der Waals surface area contributed by atoms with Crippen molar-refractivity contribution >= 4 is 11.9 Å². The normalized spacial score (nSPS) is 22.9. The van der Waals surface area contributed by atoms with E-state index in [9.17, 15) is 9.59 Å². The number of carbonyl (C=O) groups excluding carboxylic acids is 1. The molecule has 1 fully saturated rings. The Morgan fingerprint density at radius 2 is 2.25 bits per heavy atom. The van der Waals surface area contributed by atoms with Gasteiger partial charge in [-0.2, -0.15) is 0 Å². The van der Waals surface area contributed by atoms with Crippen LogP contribution in [0.5, 0.6) is 0 Å². The molecule has 0 bridgehead atoms. The minimum absolute atomic E-state index is 0.111. The van der Waals surface area contributed by atoms with Crippen molar-refractivity contribution in [2.24, 2.45) is 5.92 Å². The Morgan fingerprint density at radius 3 is 2.81 bits per heavy atom. The molecule has 0 aromatic rings. The van der Waals surface area contributed by atoms with Gasteiger partial charge in [0.1, 0.15) is 6.61 Å². The van der Waals surface area contributed by atoms with Crippen LogP contribution in [0.1, 0.15) is 26.7 Å². The Labute approximate surface area is 95.4 Å². The summed E-state index contributed by atoms with van der Waals surface area (Å²) in [5, 5.41) is 8.60. The first-order chi connectivity index (χ1) is 7.50. The lowest BCUT2D eigenvalue weighted by Crippen LogP contribution is -2.41. The van der Waals surface area contributed by atoms with E-state index in [1.807, 2.05) is 0 Å². The average molecular weight is 229 g/mol. The van der Waals surface area contributed by atoms with Crippen molar-refractivity contribution in [2.45, 2.75) is 32.8 Å². The average Bonchev–Trinajstić information content (AvgIpc) is 2.25. The Hall–Kier alpha value is -1.10. The van der Waals surface area contributed by atoms with E-state index in [1.54, 1.807) is 4.90 Å². The van der Waals surface area contributed by atoms with Gasteiger partial charge in [0.25, 0.3) is 0 Å². The minimum atomic E-state index is -1.04. The predicted octanol–water partition coefficient (Wildman–Crippen LogP) is 0.735. The van der Waals surface area contributed by atoms with Gasteiger partial charge in [-0.15, -0.1) is 0 Å². The second-order valence-electron chi connectivity index (χ2n) is 4.38. The standard InChI is InChI=1S/C11H19NO4/c1-8-4-3-5-12(6-8)10(13)7-16-9(2)11(14)15/h8-9H,3-7H2,1-2H3,(H,14,15)/t8?,9-/m0/s1. The molecule has 1 saturated heterocycles. The fraction of sp³-hybridized carbons (Fsp3) is 0.818.